The van der Waals surface area contributed by atoms with E-state index < -0.39 is 0 Å². The molecule has 4 aliphatic rings. The number of thiophene rings is 1. The Kier molecular flexibility index (Phi) is 3.05. The molecule has 0 spiro atoms. The summed E-state index contributed by atoms with van der Waals surface area (Å²) < 4.78 is 0. The molecule has 1 aromatic heterocycles. The van der Waals surface area contributed by atoms with E-state index in [1.165, 1.54) is 60.3 Å². The van der Waals surface area contributed by atoms with Crippen LogP contribution in [-0.2, 0) is 0 Å². The summed E-state index contributed by atoms with van der Waals surface area (Å²) in [7, 11) is 0. The smallest absolute Gasteiger partial charge is 0.0397 e. The van der Waals surface area contributed by atoms with Crippen LogP contribution in [0, 0.1) is 37.0 Å². The Labute approximate surface area is 127 Å². The largest absolute Gasteiger partial charge is 0.323 e. The standard InChI is InChI=1S/C18H27NS/c1-11-3-12(2)20-17(11)16(19)10-18-7-13-4-14(8-18)6-15(5-13)9-18/h3,13-16H,4-10,19H2,1-2H3. The minimum absolute atomic E-state index is 0.282. The summed E-state index contributed by atoms with van der Waals surface area (Å²) in [5, 5.41) is 0. The first kappa shape index (κ1) is 13.3. The van der Waals surface area contributed by atoms with Gasteiger partial charge in [0.15, 0.2) is 0 Å². The second-order valence-electron chi connectivity index (χ2n) is 8.13. The predicted octanol–water partition coefficient (Wildman–Crippen LogP) is 4.97. The van der Waals surface area contributed by atoms with Gasteiger partial charge in [0.2, 0.25) is 0 Å². The van der Waals surface area contributed by atoms with Gasteiger partial charge in [0, 0.05) is 15.8 Å². The lowest BCUT2D eigenvalue weighted by atomic mass is 9.48. The summed E-state index contributed by atoms with van der Waals surface area (Å²) in [6.07, 6.45) is 10.3. The van der Waals surface area contributed by atoms with Gasteiger partial charge in [-0.3, -0.25) is 0 Å². The van der Waals surface area contributed by atoms with Crippen molar-refractivity contribution in [2.45, 2.75) is 64.8 Å². The van der Waals surface area contributed by atoms with Crippen LogP contribution in [0.2, 0.25) is 0 Å². The third-order valence-corrected chi connectivity index (χ3v) is 7.52. The summed E-state index contributed by atoms with van der Waals surface area (Å²) in [5.74, 6) is 3.12. The maximum absolute atomic E-state index is 6.64. The first-order valence-corrected chi connectivity index (χ1v) is 9.17. The van der Waals surface area contributed by atoms with Gasteiger partial charge in [-0.15, -0.1) is 11.3 Å². The van der Waals surface area contributed by atoms with Crippen LogP contribution < -0.4 is 5.73 Å². The Hall–Kier alpha value is -0.340. The van der Waals surface area contributed by atoms with Crippen molar-refractivity contribution in [1.82, 2.24) is 0 Å². The Bertz CT molecular complexity index is 480. The SMILES string of the molecule is Cc1cc(C)c(C(N)CC23CC4CC(CC(C4)C2)C3)s1. The van der Waals surface area contributed by atoms with Gasteiger partial charge in [0.1, 0.15) is 0 Å². The predicted molar refractivity (Wildman–Crippen MR) is 85.9 cm³/mol. The van der Waals surface area contributed by atoms with Gasteiger partial charge in [0.25, 0.3) is 0 Å². The zero-order chi connectivity index (χ0) is 13.9. The van der Waals surface area contributed by atoms with Crippen LogP contribution in [0.15, 0.2) is 6.07 Å². The Balaban J connectivity index is 1.55. The summed E-state index contributed by atoms with van der Waals surface area (Å²) >= 11 is 1.93. The lowest BCUT2D eigenvalue weighted by Crippen LogP contribution is -2.47. The molecular formula is C18H27NS. The number of aryl methyl sites for hydroxylation is 2. The Morgan fingerprint density at radius 2 is 1.70 bits per heavy atom. The molecule has 0 aromatic carbocycles. The first-order valence-electron chi connectivity index (χ1n) is 8.35. The molecule has 4 fully saturated rings. The topological polar surface area (TPSA) is 26.0 Å². The molecule has 1 nitrogen and oxygen atoms in total. The van der Waals surface area contributed by atoms with Gasteiger partial charge in [-0.1, -0.05) is 0 Å². The zero-order valence-corrected chi connectivity index (χ0v) is 13.6. The van der Waals surface area contributed by atoms with Crippen LogP contribution >= 0.6 is 11.3 Å². The van der Waals surface area contributed by atoms with Crippen LogP contribution in [0.25, 0.3) is 0 Å². The molecule has 0 saturated heterocycles. The van der Waals surface area contributed by atoms with Crippen LogP contribution in [0.3, 0.4) is 0 Å². The van der Waals surface area contributed by atoms with Crippen molar-refractivity contribution in [3.05, 3.63) is 21.4 Å². The molecule has 4 bridgehead atoms. The van der Waals surface area contributed by atoms with E-state index in [1.807, 2.05) is 11.3 Å². The van der Waals surface area contributed by atoms with Crippen LogP contribution in [0.1, 0.15) is 66.3 Å². The summed E-state index contributed by atoms with van der Waals surface area (Å²) in [4.78, 5) is 2.87. The molecule has 0 radical (unpaired) electrons. The number of hydrogen-bond donors (Lipinski definition) is 1. The van der Waals surface area contributed by atoms with E-state index in [1.54, 1.807) is 0 Å². The molecule has 4 aliphatic carbocycles. The van der Waals surface area contributed by atoms with Crippen molar-refractivity contribution < 1.29 is 0 Å². The molecule has 0 aliphatic heterocycles. The molecule has 1 unspecified atom stereocenters. The average Bonchev–Trinajstić information content (AvgIpc) is 2.66. The fraction of sp³-hybridized carbons (Fsp3) is 0.778. The van der Waals surface area contributed by atoms with Crippen molar-refractivity contribution in [3.63, 3.8) is 0 Å². The fourth-order valence-corrected chi connectivity index (χ4v) is 7.16. The highest BCUT2D eigenvalue weighted by Crippen LogP contribution is 2.62. The highest BCUT2D eigenvalue weighted by Gasteiger charge is 2.51. The maximum atomic E-state index is 6.64. The Morgan fingerprint density at radius 3 is 2.15 bits per heavy atom. The second kappa shape index (κ2) is 4.58. The van der Waals surface area contributed by atoms with E-state index in [2.05, 4.69) is 19.9 Å². The van der Waals surface area contributed by atoms with E-state index in [4.69, 9.17) is 5.73 Å². The van der Waals surface area contributed by atoms with E-state index >= 15 is 0 Å². The summed E-state index contributed by atoms with van der Waals surface area (Å²) in [6, 6.07) is 2.59. The molecule has 5 rings (SSSR count). The van der Waals surface area contributed by atoms with Crippen LogP contribution in [0.5, 0.6) is 0 Å². The van der Waals surface area contributed by atoms with Crippen LogP contribution in [0.4, 0.5) is 0 Å². The second-order valence-corrected chi connectivity index (χ2v) is 9.42. The summed E-state index contributed by atoms with van der Waals surface area (Å²) in [6.45, 7) is 4.44. The van der Waals surface area contributed by atoms with Crippen molar-refractivity contribution in [2.75, 3.05) is 0 Å². The molecule has 1 atom stereocenters. The molecule has 20 heavy (non-hydrogen) atoms. The number of nitrogens with two attached hydrogens (primary N) is 1. The van der Waals surface area contributed by atoms with Gasteiger partial charge in [-0.2, -0.15) is 0 Å². The van der Waals surface area contributed by atoms with Crippen molar-refractivity contribution in [3.8, 4) is 0 Å². The van der Waals surface area contributed by atoms with E-state index in [9.17, 15) is 0 Å². The zero-order valence-electron chi connectivity index (χ0n) is 12.8. The highest BCUT2D eigenvalue weighted by atomic mass is 32.1. The van der Waals surface area contributed by atoms with Gasteiger partial charge >= 0.3 is 0 Å². The third kappa shape index (κ3) is 2.16. The van der Waals surface area contributed by atoms with Gasteiger partial charge in [-0.25, -0.2) is 0 Å². The fourth-order valence-electron chi connectivity index (χ4n) is 6.13. The molecule has 4 saturated carbocycles. The lowest BCUT2D eigenvalue weighted by Gasteiger charge is -2.57. The third-order valence-electron chi connectivity index (χ3n) is 6.23. The number of rotatable bonds is 3. The average molecular weight is 289 g/mol. The summed E-state index contributed by atoms with van der Waals surface area (Å²) in [5.41, 5.74) is 8.67. The molecule has 2 N–H and O–H groups in total. The minimum atomic E-state index is 0.282. The molecule has 1 aromatic rings. The van der Waals surface area contributed by atoms with E-state index in [0.29, 0.717) is 5.41 Å². The molecule has 0 amide bonds. The van der Waals surface area contributed by atoms with Gasteiger partial charge in [-0.05, 0) is 93.6 Å². The molecule has 2 heteroatoms. The molecule has 110 valence electrons. The first-order chi connectivity index (χ1) is 9.53. The van der Waals surface area contributed by atoms with Crippen molar-refractivity contribution in [2.24, 2.45) is 28.9 Å². The van der Waals surface area contributed by atoms with Crippen molar-refractivity contribution >= 4 is 11.3 Å². The molecular weight excluding hydrogens is 262 g/mol. The van der Waals surface area contributed by atoms with E-state index in [-0.39, 0.29) is 6.04 Å². The highest BCUT2D eigenvalue weighted by molar-refractivity contribution is 7.12. The maximum Gasteiger partial charge on any atom is 0.0397 e. The normalized spacial score (nSPS) is 40.2. The minimum Gasteiger partial charge on any atom is -0.323 e. The monoisotopic (exact) mass is 289 g/mol. The van der Waals surface area contributed by atoms with E-state index in [0.717, 1.165) is 17.8 Å². The molecule has 1 heterocycles. The Morgan fingerprint density at radius 1 is 1.15 bits per heavy atom. The number of hydrogen-bond acceptors (Lipinski definition) is 2. The van der Waals surface area contributed by atoms with Crippen molar-refractivity contribution in [1.29, 1.82) is 0 Å². The van der Waals surface area contributed by atoms with Crippen LogP contribution in [-0.4, -0.2) is 0 Å². The lowest BCUT2D eigenvalue weighted by molar-refractivity contribution is -0.0604. The van der Waals surface area contributed by atoms with Gasteiger partial charge in [0.05, 0.1) is 0 Å². The van der Waals surface area contributed by atoms with Gasteiger partial charge < -0.3 is 5.73 Å². The quantitative estimate of drug-likeness (QED) is 0.835.